The van der Waals surface area contributed by atoms with Crippen molar-refractivity contribution in [2.24, 2.45) is 0 Å². The summed E-state index contributed by atoms with van der Waals surface area (Å²) >= 11 is 0. The van der Waals surface area contributed by atoms with Crippen LogP contribution in [0.3, 0.4) is 0 Å². The number of benzene rings is 2. The van der Waals surface area contributed by atoms with Crippen LogP contribution in [0.2, 0.25) is 0 Å². The lowest BCUT2D eigenvalue weighted by Crippen LogP contribution is -2.41. The molecule has 0 bridgehead atoms. The van der Waals surface area contributed by atoms with Crippen LogP contribution in [0.15, 0.2) is 55.6 Å². The third-order valence-electron chi connectivity index (χ3n) is 6.94. The van der Waals surface area contributed by atoms with Gasteiger partial charge in [-0.3, -0.25) is 9.59 Å². The molecule has 0 aliphatic heterocycles. The molecule has 8 heteroatoms. The molecule has 0 spiro atoms. The number of amides is 1. The fourth-order valence-corrected chi connectivity index (χ4v) is 4.61. The third kappa shape index (κ3) is 9.47. The van der Waals surface area contributed by atoms with Gasteiger partial charge in [-0.25, -0.2) is 0 Å². The van der Waals surface area contributed by atoms with Crippen molar-refractivity contribution in [3.63, 3.8) is 0 Å². The molecule has 224 valence electrons. The second-order valence-corrected chi connectivity index (χ2v) is 9.39. The van der Waals surface area contributed by atoms with Crippen LogP contribution in [0.1, 0.15) is 47.8 Å². The van der Waals surface area contributed by atoms with Crippen molar-refractivity contribution < 1.29 is 28.5 Å². The maximum Gasteiger partial charge on any atom is 0.227 e. The van der Waals surface area contributed by atoms with E-state index in [1.807, 2.05) is 11.8 Å². The molecule has 8 nitrogen and oxygen atoms in total. The normalized spacial score (nSPS) is 10.8. The minimum absolute atomic E-state index is 0.0120. The van der Waals surface area contributed by atoms with E-state index in [0.29, 0.717) is 60.1 Å². The maximum atomic E-state index is 14.1. The van der Waals surface area contributed by atoms with Crippen LogP contribution in [0.4, 0.5) is 0 Å². The largest absolute Gasteiger partial charge is 0.497 e. The van der Waals surface area contributed by atoms with Gasteiger partial charge in [0.1, 0.15) is 30.5 Å². The molecule has 1 amide bonds. The summed E-state index contributed by atoms with van der Waals surface area (Å²) in [5.41, 5.74) is 2.20. The van der Waals surface area contributed by atoms with E-state index < -0.39 is 0 Å². The van der Waals surface area contributed by atoms with Gasteiger partial charge in [0, 0.05) is 38.4 Å². The summed E-state index contributed by atoms with van der Waals surface area (Å²) in [6.07, 6.45) is 3.84. The third-order valence-corrected chi connectivity index (χ3v) is 6.94. The number of carbonyl (C=O) groups excluding carboxylic acids is 2. The van der Waals surface area contributed by atoms with Gasteiger partial charge in [0.2, 0.25) is 5.91 Å². The zero-order valence-electron chi connectivity index (χ0n) is 25.4. The Morgan fingerprint density at radius 2 is 1.49 bits per heavy atom. The highest BCUT2D eigenvalue weighted by molar-refractivity contribution is 6.12. The summed E-state index contributed by atoms with van der Waals surface area (Å²) in [6, 6.07) is 8.65. The monoisotopic (exact) mass is 566 g/mol. The van der Waals surface area contributed by atoms with Gasteiger partial charge >= 0.3 is 0 Å². The molecule has 2 aromatic rings. The molecule has 0 unspecified atom stereocenters. The molecule has 0 atom stereocenters. The number of carbonyl (C=O) groups is 2. The van der Waals surface area contributed by atoms with Gasteiger partial charge < -0.3 is 28.7 Å². The smallest absolute Gasteiger partial charge is 0.227 e. The lowest BCUT2D eigenvalue weighted by Gasteiger charge is -2.28. The Morgan fingerprint density at radius 3 is 2.02 bits per heavy atom. The van der Waals surface area contributed by atoms with Crippen molar-refractivity contribution in [3.05, 3.63) is 77.9 Å². The minimum atomic E-state index is -0.244. The number of nitrogens with zero attached hydrogens (tertiary/aromatic N) is 2. The lowest BCUT2D eigenvalue weighted by atomic mass is 9.89. The van der Waals surface area contributed by atoms with E-state index in [1.165, 1.54) is 0 Å². The number of hydrogen-bond acceptors (Lipinski definition) is 7. The Labute approximate surface area is 245 Å². The highest BCUT2D eigenvalue weighted by atomic mass is 16.5. The predicted octanol–water partition coefficient (Wildman–Crippen LogP) is 4.98. The average Bonchev–Trinajstić information content (AvgIpc) is 3.00. The first-order valence-electron chi connectivity index (χ1n) is 14.2. The van der Waals surface area contributed by atoms with Crippen LogP contribution in [0.5, 0.6) is 17.2 Å². The van der Waals surface area contributed by atoms with Gasteiger partial charge in [0.25, 0.3) is 0 Å². The first-order chi connectivity index (χ1) is 19.9. The van der Waals surface area contributed by atoms with Crippen LogP contribution >= 0.6 is 0 Å². The summed E-state index contributed by atoms with van der Waals surface area (Å²) < 4.78 is 22.6. The Balaban J connectivity index is 2.68. The fourth-order valence-electron chi connectivity index (χ4n) is 4.61. The molecule has 0 aliphatic rings. The van der Waals surface area contributed by atoms with Crippen molar-refractivity contribution in [2.75, 3.05) is 66.8 Å². The Morgan fingerprint density at radius 1 is 0.854 bits per heavy atom. The van der Waals surface area contributed by atoms with Gasteiger partial charge in [-0.1, -0.05) is 46.1 Å². The second kappa shape index (κ2) is 17.9. The average molecular weight is 567 g/mol. The molecule has 41 heavy (non-hydrogen) atoms. The molecule has 2 aromatic carbocycles. The van der Waals surface area contributed by atoms with Crippen LogP contribution in [-0.4, -0.2) is 88.3 Å². The van der Waals surface area contributed by atoms with Gasteiger partial charge in [-0.2, -0.15) is 0 Å². The number of hydrogen-bond donors (Lipinski definition) is 0. The lowest BCUT2D eigenvalue weighted by molar-refractivity contribution is -0.131. The number of methoxy groups -OCH3 is 2. The number of likely N-dealkylation sites (N-methyl/N-ethyl adjacent to an activating group) is 1. The SMILES string of the molecule is C=CCOc1cc(OCC=C)c(C(=O)c2ccc(OC)cc2)c(CC(=O)N(CCOC)CCN(CC)CC)c1CC. The summed E-state index contributed by atoms with van der Waals surface area (Å²) in [7, 11) is 3.20. The summed E-state index contributed by atoms with van der Waals surface area (Å²) in [6.45, 7) is 18.1. The summed E-state index contributed by atoms with van der Waals surface area (Å²) in [4.78, 5) is 32.1. The Kier molecular flexibility index (Phi) is 14.7. The summed E-state index contributed by atoms with van der Waals surface area (Å²) in [5, 5.41) is 0. The standard InChI is InChI=1S/C33H46N2O6/c1-8-20-40-29-24-30(41-21-9-2)32(33(37)25-13-15-26(39-7)16-14-25)28(27(29)10-3)23-31(36)35(19-22-38-6)18-17-34(11-4)12-5/h8-9,13-16,24H,1-2,10-12,17-23H2,3-7H3. The highest BCUT2D eigenvalue weighted by Gasteiger charge is 2.28. The number of ether oxygens (including phenoxy) is 4. The van der Waals surface area contributed by atoms with Crippen molar-refractivity contribution in [3.8, 4) is 17.2 Å². The van der Waals surface area contributed by atoms with E-state index >= 15 is 0 Å². The molecule has 0 aromatic heterocycles. The molecule has 0 saturated carbocycles. The van der Waals surface area contributed by atoms with E-state index in [2.05, 4.69) is 31.9 Å². The molecule has 0 aliphatic carbocycles. The van der Waals surface area contributed by atoms with Crippen molar-refractivity contribution in [1.82, 2.24) is 9.80 Å². The van der Waals surface area contributed by atoms with Crippen molar-refractivity contribution in [2.45, 2.75) is 33.6 Å². The van der Waals surface area contributed by atoms with Crippen LogP contribution in [-0.2, 0) is 22.4 Å². The fraction of sp³-hybridized carbons (Fsp3) is 0.455. The maximum absolute atomic E-state index is 14.1. The molecular weight excluding hydrogens is 520 g/mol. The van der Waals surface area contributed by atoms with Gasteiger partial charge in [-0.05, 0) is 54.9 Å². The second-order valence-electron chi connectivity index (χ2n) is 9.39. The van der Waals surface area contributed by atoms with Gasteiger partial charge in [0.15, 0.2) is 5.78 Å². The highest BCUT2D eigenvalue weighted by Crippen LogP contribution is 2.37. The summed E-state index contributed by atoms with van der Waals surface area (Å²) in [5.74, 6) is 1.21. The first-order valence-corrected chi connectivity index (χ1v) is 14.2. The first kappa shape index (κ1) is 33.6. The molecule has 0 fully saturated rings. The molecular formula is C33H46N2O6. The molecule has 0 radical (unpaired) electrons. The number of rotatable bonds is 20. The van der Waals surface area contributed by atoms with Crippen molar-refractivity contribution >= 4 is 11.7 Å². The molecule has 0 saturated heterocycles. The molecule has 0 heterocycles. The van der Waals surface area contributed by atoms with Crippen LogP contribution in [0.25, 0.3) is 0 Å². The van der Waals surface area contributed by atoms with Crippen molar-refractivity contribution in [1.29, 1.82) is 0 Å². The van der Waals surface area contributed by atoms with E-state index in [9.17, 15) is 9.59 Å². The molecule has 0 N–H and O–H groups in total. The van der Waals surface area contributed by atoms with Gasteiger partial charge in [0.05, 0.1) is 25.7 Å². The topological polar surface area (TPSA) is 77.5 Å². The van der Waals surface area contributed by atoms with Gasteiger partial charge in [-0.15, -0.1) is 0 Å². The minimum Gasteiger partial charge on any atom is -0.497 e. The molecule has 2 rings (SSSR count). The predicted molar refractivity (Wildman–Crippen MR) is 164 cm³/mol. The number of ketones is 1. The zero-order chi connectivity index (χ0) is 30.2. The van der Waals surface area contributed by atoms with Crippen LogP contribution < -0.4 is 14.2 Å². The quantitative estimate of drug-likeness (QED) is 0.165. The van der Waals surface area contributed by atoms with E-state index in [0.717, 1.165) is 25.2 Å². The Bertz CT molecular complexity index is 1140. The Hall–Kier alpha value is -3.62. The van der Waals surface area contributed by atoms with E-state index in [4.69, 9.17) is 18.9 Å². The zero-order valence-corrected chi connectivity index (χ0v) is 25.4. The van der Waals surface area contributed by atoms with Crippen LogP contribution in [0, 0.1) is 0 Å². The van der Waals surface area contributed by atoms with E-state index in [1.54, 1.807) is 56.7 Å². The van der Waals surface area contributed by atoms with E-state index in [-0.39, 0.29) is 31.3 Å².